The maximum absolute atomic E-state index is 13.0. The second-order valence-electron chi connectivity index (χ2n) is 7.08. The van der Waals surface area contributed by atoms with Gasteiger partial charge in [0.2, 0.25) is 0 Å². The van der Waals surface area contributed by atoms with E-state index in [9.17, 15) is 4.39 Å². The van der Waals surface area contributed by atoms with Gasteiger partial charge in [-0.15, -0.1) is 0 Å². The molecule has 1 aliphatic heterocycles. The smallest absolute Gasteiger partial charge is 0.180 e. The number of likely N-dealkylation sites (tertiary alicyclic amines) is 1. The van der Waals surface area contributed by atoms with Gasteiger partial charge in [0.1, 0.15) is 12.4 Å². The normalized spacial score (nSPS) is 17.1. The monoisotopic (exact) mass is 406 g/mol. The number of hydrogen-bond donors (Lipinski definition) is 1. The molecule has 2 aromatic carbocycles. The van der Waals surface area contributed by atoms with E-state index >= 15 is 0 Å². The van der Waals surface area contributed by atoms with Crippen LogP contribution in [0.5, 0.6) is 11.5 Å². The highest BCUT2D eigenvalue weighted by atomic mass is 35.5. The molecule has 152 valence electrons. The number of methoxy groups -OCH3 is 1. The summed E-state index contributed by atoms with van der Waals surface area (Å²) in [5.41, 5.74) is 1.92. The SMILES string of the molecule is CCN1CCCC1CNCc1cc(Cl)c(OCc2ccc(F)cc2)c(OC)c1. The third-order valence-corrected chi connectivity index (χ3v) is 5.48. The summed E-state index contributed by atoms with van der Waals surface area (Å²) in [5.74, 6) is 0.837. The number of likely N-dealkylation sites (N-methyl/N-ethyl adjacent to an activating group) is 1. The van der Waals surface area contributed by atoms with Crippen LogP contribution in [0.2, 0.25) is 5.02 Å². The highest BCUT2D eigenvalue weighted by Crippen LogP contribution is 2.37. The van der Waals surface area contributed by atoms with Gasteiger partial charge in [-0.05, 0) is 61.3 Å². The van der Waals surface area contributed by atoms with Crippen molar-refractivity contribution in [3.8, 4) is 11.5 Å². The molecule has 0 aliphatic carbocycles. The quantitative estimate of drug-likeness (QED) is 0.657. The van der Waals surface area contributed by atoms with E-state index in [0.717, 1.165) is 30.8 Å². The lowest BCUT2D eigenvalue weighted by atomic mass is 10.1. The molecule has 0 bridgehead atoms. The Kier molecular flexibility index (Phi) is 7.54. The molecular weight excluding hydrogens is 379 g/mol. The molecule has 1 heterocycles. The van der Waals surface area contributed by atoms with E-state index in [4.69, 9.17) is 21.1 Å². The Bertz CT molecular complexity index is 770. The first-order chi connectivity index (χ1) is 13.6. The summed E-state index contributed by atoms with van der Waals surface area (Å²) in [6.45, 7) is 6.50. The molecule has 0 spiro atoms. The largest absolute Gasteiger partial charge is 0.493 e. The average Bonchev–Trinajstić information content (AvgIpc) is 3.15. The second-order valence-corrected chi connectivity index (χ2v) is 7.49. The number of nitrogens with zero attached hydrogens (tertiary/aromatic N) is 1. The van der Waals surface area contributed by atoms with Crippen LogP contribution in [0.1, 0.15) is 30.9 Å². The third kappa shape index (κ3) is 5.37. The first-order valence-corrected chi connectivity index (χ1v) is 10.2. The van der Waals surface area contributed by atoms with Gasteiger partial charge in [0, 0.05) is 19.1 Å². The van der Waals surface area contributed by atoms with Crippen LogP contribution in [0.15, 0.2) is 36.4 Å². The highest BCUT2D eigenvalue weighted by molar-refractivity contribution is 6.32. The first kappa shape index (κ1) is 20.9. The van der Waals surface area contributed by atoms with Crippen molar-refractivity contribution in [1.82, 2.24) is 10.2 Å². The fourth-order valence-electron chi connectivity index (χ4n) is 3.68. The van der Waals surface area contributed by atoms with Crippen molar-refractivity contribution in [2.45, 2.75) is 39.0 Å². The standard InChI is InChI=1S/C22H28ClFN2O2/c1-3-26-10-4-5-19(26)14-25-13-17-11-20(23)22(21(12-17)27-2)28-15-16-6-8-18(24)9-7-16/h6-9,11-12,19,25H,3-5,10,13-15H2,1-2H3. The number of hydrogen-bond acceptors (Lipinski definition) is 4. The van der Waals surface area contributed by atoms with E-state index < -0.39 is 0 Å². The minimum atomic E-state index is -0.268. The summed E-state index contributed by atoms with van der Waals surface area (Å²) >= 11 is 6.46. The molecule has 1 fully saturated rings. The van der Waals surface area contributed by atoms with E-state index in [1.165, 1.54) is 31.5 Å². The zero-order valence-electron chi connectivity index (χ0n) is 16.5. The van der Waals surface area contributed by atoms with Gasteiger partial charge >= 0.3 is 0 Å². The van der Waals surface area contributed by atoms with E-state index in [2.05, 4.69) is 17.1 Å². The Labute approximate surface area is 171 Å². The zero-order valence-corrected chi connectivity index (χ0v) is 17.3. The number of halogens is 2. The minimum Gasteiger partial charge on any atom is -0.493 e. The van der Waals surface area contributed by atoms with Gasteiger partial charge in [0.15, 0.2) is 11.5 Å². The van der Waals surface area contributed by atoms with Crippen LogP contribution in [0, 0.1) is 5.82 Å². The van der Waals surface area contributed by atoms with Crippen molar-refractivity contribution < 1.29 is 13.9 Å². The summed E-state index contributed by atoms with van der Waals surface area (Å²) in [6.07, 6.45) is 2.53. The van der Waals surface area contributed by atoms with Crippen LogP contribution < -0.4 is 14.8 Å². The fraction of sp³-hybridized carbons (Fsp3) is 0.455. The predicted octanol–water partition coefficient (Wildman–Crippen LogP) is 4.64. The second kappa shape index (κ2) is 10.1. The summed E-state index contributed by atoms with van der Waals surface area (Å²) in [7, 11) is 1.60. The molecule has 1 saturated heterocycles. The molecule has 0 saturated carbocycles. The molecule has 6 heteroatoms. The van der Waals surface area contributed by atoms with Crippen molar-refractivity contribution >= 4 is 11.6 Å². The molecule has 28 heavy (non-hydrogen) atoms. The molecule has 1 aliphatic rings. The molecular formula is C22H28ClFN2O2. The van der Waals surface area contributed by atoms with Crippen molar-refractivity contribution in [2.75, 3.05) is 26.7 Å². The van der Waals surface area contributed by atoms with E-state index in [0.29, 0.717) is 29.2 Å². The predicted molar refractivity (Wildman–Crippen MR) is 111 cm³/mol. The lowest BCUT2D eigenvalue weighted by molar-refractivity contribution is 0.260. The van der Waals surface area contributed by atoms with E-state index in [1.54, 1.807) is 19.2 Å². The maximum Gasteiger partial charge on any atom is 0.180 e. The number of rotatable bonds is 9. The Morgan fingerprint density at radius 3 is 2.71 bits per heavy atom. The van der Waals surface area contributed by atoms with Crippen LogP contribution in [0.3, 0.4) is 0 Å². The minimum absolute atomic E-state index is 0.268. The van der Waals surface area contributed by atoms with Gasteiger partial charge in [0.25, 0.3) is 0 Å². The van der Waals surface area contributed by atoms with Crippen molar-refractivity contribution in [3.63, 3.8) is 0 Å². The summed E-state index contributed by atoms with van der Waals surface area (Å²) in [6, 6.07) is 10.7. The topological polar surface area (TPSA) is 33.7 Å². The van der Waals surface area contributed by atoms with Crippen molar-refractivity contribution in [2.24, 2.45) is 0 Å². The Morgan fingerprint density at radius 1 is 1.21 bits per heavy atom. The molecule has 1 unspecified atom stereocenters. The van der Waals surface area contributed by atoms with Gasteiger partial charge in [-0.1, -0.05) is 30.7 Å². The lowest BCUT2D eigenvalue weighted by Gasteiger charge is -2.23. The molecule has 0 radical (unpaired) electrons. The third-order valence-electron chi connectivity index (χ3n) is 5.20. The van der Waals surface area contributed by atoms with E-state index in [-0.39, 0.29) is 5.82 Å². The molecule has 3 rings (SSSR count). The number of nitrogens with one attached hydrogen (secondary N) is 1. The van der Waals surface area contributed by atoms with Crippen molar-refractivity contribution in [3.05, 3.63) is 58.4 Å². The molecule has 4 nitrogen and oxygen atoms in total. The Morgan fingerprint density at radius 2 is 2.00 bits per heavy atom. The molecule has 2 aromatic rings. The van der Waals surface area contributed by atoms with Gasteiger partial charge < -0.3 is 14.8 Å². The van der Waals surface area contributed by atoms with Gasteiger partial charge in [-0.2, -0.15) is 0 Å². The molecule has 1 atom stereocenters. The lowest BCUT2D eigenvalue weighted by Crippen LogP contribution is -2.37. The van der Waals surface area contributed by atoms with Crippen LogP contribution in [0.4, 0.5) is 4.39 Å². The van der Waals surface area contributed by atoms with Gasteiger partial charge in [-0.25, -0.2) is 4.39 Å². The molecule has 1 N–H and O–H groups in total. The maximum atomic E-state index is 13.0. The number of ether oxygens (including phenoxy) is 2. The first-order valence-electron chi connectivity index (χ1n) is 9.79. The van der Waals surface area contributed by atoms with Gasteiger partial charge in [0.05, 0.1) is 12.1 Å². The van der Waals surface area contributed by atoms with Crippen molar-refractivity contribution in [1.29, 1.82) is 0 Å². The Balaban J connectivity index is 1.59. The van der Waals surface area contributed by atoms with Crippen LogP contribution in [-0.4, -0.2) is 37.7 Å². The summed E-state index contributed by atoms with van der Waals surface area (Å²) in [5, 5.41) is 4.05. The van der Waals surface area contributed by atoms with Crippen LogP contribution in [0.25, 0.3) is 0 Å². The fourth-order valence-corrected chi connectivity index (χ4v) is 3.97. The number of benzene rings is 2. The molecule has 0 aromatic heterocycles. The van der Waals surface area contributed by atoms with Gasteiger partial charge in [-0.3, -0.25) is 4.90 Å². The Hall–Kier alpha value is -1.82. The van der Waals surface area contributed by atoms with E-state index in [1.807, 2.05) is 12.1 Å². The van der Waals surface area contributed by atoms with Crippen LogP contribution in [-0.2, 0) is 13.2 Å². The van der Waals surface area contributed by atoms with Crippen LogP contribution >= 0.6 is 11.6 Å². The zero-order chi connectivity index (χ0) is 19.9. The average molecular weight is 407 g/mol. The summed E-state index contributed by atoms with van der Waals surface area (Å²) in [4.78, 5) is 2.52. The highest BCUT2D eigenvalue weighted by Gasteiger charge is 2.22. The summed E-state index contributed by atoms with van der Waals surface area (Å²) < 4.78 is 24.4. The molecule has 0 amide bonds.